The molecule has 1 aromatic heterocycles. The van der Waals surface area contributed by atoms with Crippen LogP contribution in [0.15, 0.2) is 16.8 Å². The molecule has 1 fully saturated rings. The summed E-state index contributed by atoms with van der Waals surface area (Å²) in [4.78, 5) is 0. The smallest absolute Gasteiger partial charge is 0.00698 e. The molecule has 0 radical (unpaired) electrons. The highest BCUT2D eigenvalue weighted by Crippen LogP contribution is 2.32. The normalized spacial score (nSPS) is 28.6. The van der Waals surface area contributed by atoms with Crippen molar-refractivity contribution in [1.29, 1.82) is 0 Å². The maximum absolute atomic E-state index is 3.44. The summed E-state index contributed by atoms with van der Waals surface area (Å²) in [5, 5.41) is 7.96. The average Bonchev–Trinajstić information content (AvgIpc) is 2.63. The summed E-state index contributed by atoms with van der Waals surface area (Å²) in [5.74, 6) is 0.807. The molecule has 0 aliphatic heterocycles. The molecular formula is C12H19NS. The van der Waals surface area contributed by atoms with E-state index < -0.39 is 0 Å². The second kappa shape index (κ2) is 4.94. The molecule has 1 aromatic rings. The van der Waals surface area contributed by atoms with Crippen LogP contribution in [0.5, 0.6) is 0 Å². The fourth-order valence-electron chi connectivity index (χ4n) is 2.43. The van der Waals surface area contributed by atoms with E-state index in [1.807, 2.05) is 11.3 Å². The van der Waals surface area contributed by atoms with Gasteiger partial charge in [-0.25, -0.2) is 0 Å². The Balaban J connectivity index is 2.03. The summed E-state index contributed by atoms with van der Waals surface area (Å²) in [6, 6.07) is 3.04. The Morgan fingerprint density at radius 1 is 1.36 bits per heavy atom. The van der Waals surface area contributed by atoms with Gasteiger partial charge in [-0.1, -0.05) is 12.8 Å². The summed E-state index contributed by atoms with van der Waals surface area (Å²) < 4.78 is 0. The van der Waals surface area contributed by atoms with Crippen LogP contribution in [0.1, 0.15) is 43.6 Å². The Morgan fingerprint density at radius 3 is 2.93 bits per heavy atom. The maximum Gasteiger partial charge on any atom is 0.00698 e. The zero-order valence-electron chi connectivity index (χ0n) is 8.83. The van der Waals surface area contributed by atoms with Crippen molar-refractivity contribution in [2.75, 3.05) is 7.05 Å². The van der Waals surface area contributed by atoms with Crippen LogP contribution in [0.3, 0.4) is 0 Å². The molecule has 1 aliphatic rings. The zero-order chi connectivity index (χ0) is 9.80. The molecule has 2 unspecified atom stereocenters. The van der Waals surface area contributed by atoms with Crippen molar-refractivity contribution in [1.82, 2.24) is 5.32 Å². The third-order valence-corrected chi connectivity index (χ3v) is 4.05. The van der Waals surface area contributed by atoms with Crippen LogP contribution in [0.4, 0.5) is 0 Å². The van der Waals surface area contributed by atoms with E-state index in [1.54, 1.807) is 5.56 Å². The molecule has 78 valence electrons. The van der Waals surface area contributed by atoms with Gasteiger partial charge < -0.3 is 5.32 Å². The van der Waals surface area contributed by atoms with Gasteiger partial charge >= 0.3 is 0 Å². The Morgan fingerprint density at radius 2 is 2.21 bits per heavy atom. The topological polar surface area (TPSA) is 12.0 Å². The second-order valence-electron chi connectivity index (χ2n) is 4.26. The van der Waals surface area contributed by atoms with E-state index in [0.29, 0.717) is 0 Å². The summed E-state index contributed by atoms with van der Waals surface area (Å²) >= 11 is 1.83. The van der Waals surface area contributed by atoms with Gasteiger partial charge in [0.2, 0.25) is 0 Å². The van der Waals surface area contributed by atoms with Crippen molar-refractivity contribution >= 4 is 11.3 Å². The molecule has 0 spiro atoms. The summed E-state index contributed by atoms with van der Waals surface area (Å²) in [6.07, 6.45) is 6.87. The van der Waals surface area contributed by atoms with Gasteiger partial charge in [0, 0.05) is 6.04 Å². The number of nitrogens with one attached hydrogen (secondary N) is 1. The molecule has 2 rings (SSSR count). The maximum atomic E-state index is 3.44. The molecule has 1 saturated carbocycles. The predicted octanol–water partition coefficient (Wildman–Crippen LogP) is 3.38. The SMILES string of the molecule is CNC1CCCCC(c2ccsc2)C1. The molecule has 1 aliphatic carbocycles. The van der Waals surface area contributed by atoms with Gasteiger partial charge in [0.05, 0.1) is 0 Å². The van der Waals surface area contributed by atoms with Gasteiger partial charge in [-0.2, -0.15) is 11.3 Å². The van der Waals surface area contributed by atoms with Crippen LogP contribution in [0.25, 0.3) is 0 Å². The van der Waals surface area contributed by atoms with Crippen molar-refractivity contribution < 1.29 is 0 Å². The molecule has 14 heavy (non-hydrogen) atoms. The van der Waals surface area contributed by atoms with Gasteiger partial charge in [0.15, 0.2) is 0 Å². The number of thiophene rings is 1. The van der Waals surface area contributed by atoms with Crippen LogP contribution in [0.2, 0.25) is 0 Å². The highest BCUT2D eigenvalue weighted by atomic mass is 32.1. The summed E-state index contributed by atoms with van der Waals surface area (Å²) in [6.45, 7) is 0. The molecule has 1 nitrogen and oxygen atoms in total. The number of hydrogen-bond donors (Lipinski definition) is 1. The minimum atomic E-state index is 0.738. The Hall–Kier alpha value is -0.340. The van der Waals surface area contributed by atoms with Crippen LogP contribution < -0.4 is 5.32 Å². The molecule has 1 N–H and O–H groups in total. The molecular weight excluding hydrogens is 190 g/mol. The molecule has 0 bridgehead atoms. The molecule has 0 saturated heterocycles. The van der Waals surface area contributed by atoms with Gasteiger partial charge in [-0.05, 0) is 54.6 Å². The quantitative estimate of drug-likeness (QED) is 0.736. The fourth-order valence-corrected chi connectivity index (χ4v) is 3.18. The lowest BCUT2D eigenvalue weighted by atomic mass is 9.92. The first-order chi connectivity index (χ1) is 6.90. The van der Waals surface area contributed by atoms with E-state index >= 15 is 0 Å². The molecule has 0 aromatic carbocycles. The lowest BCUT2D eigenvalue weighted by molar-refractivity contribution is 0.471. The van der Waals surface area contributed by atoms with E-state index in [9.17, 15) is 0 Å². The first kappa shape index (κ1) is 10.2. The fraction of sp³-hybridized carbons (Fsp3) is 0.667. The zero-order valence-corrected chi connectivity index (χ0v) is 9.65. The van der Waals surface area contributed by atoms with Crippen molar-refractivity contribution in [3.8, 4) is 0 Å². The Kier molecular flexibility index (Phi) is 3.60. The lowest BCUT2D eigenvalue weighted by Crippen LogP contribution is -2.25. The van der Waals surface area contributed by atoms with Crippen LogP contribution in [-0.4, -0.2) is 13.1 Å². The highest BCUT2D eigenvalue weighted by molar-refractivity contribution is 7.07. The van der Waals surface area contributed by atoms with Crippen LogP contribution >= 0.6 is 11.3 Å². The van der Waals surface area contributed by atoms with Crippen LogP contribution in [0, 0.1) is 0 Å². The van der Waals surface area contributed by atoms with Gasteiger partial charge in [0.1, 0.15) is 0 Å². The van der Waals surface area contributed by atoms with E-state index in [1.165, 1.54) is 32.1 Å². The van der Waals surface area contributed by atoms with Gasteiger partial charge in [-0.3, -0.25) is 0 Å². The third-order valence-electron chi connectivity index (χ3n) is 3.35. The number of rotatable bonds is 2. The van der Waals surface area contributed by atoms with Crippen LogP contribution in [-0.2, 0) is 0 Å². The highest BCUT2D eigenvalue weighted by Gasteiger charge is 2.20. The summed E-state index contributed by atoms with van der Waals surface area (Å²) in [7, 11) is 2.10. The van der Waals surface area contributed by atoms with Crippen molar-refractivity contribution in [2.24, 2.45) is 0 Å². The Bertz CT molecular complexity index is 255. The van der Waals surface area contributed by atoms with E-state index in [2.05, 4.69) is 29.2 Å². The van der Waals surface area contributed by atoms with Gasteiger partial charge in [0.25, 0.3) is 0 Å². The van der Waals surface area contributed by atoms with E-state index in [4.69, 9.17) is 0 Å². The third kappa shape index (κ3) is 2.37. The van der Waals surface area contributed by atoms with E-state index in [-0.39, 0.29) is 0 Å². The molecule has 2 atom stereocenters. The first-order valence-corrected chi connectivity index (χ1v) is 6.54. The van der Waals surface area contributed by atoms with Crippen molar-refractivity contribution in [2.45, 2.75) is 44.1 Å². The summed E-state index contributed by atoms with van der Waals surface area (Å²) in [5.41, 5.74) is 1.57. The van der Waals surface area contributed by atoms with Crippen molar-refractivity contribution in [3.05, 3.63) is 22.4 Å². The molecule has 1 heterocycles. The predicted molar refractivity (Wildman–Crippen MR) is 63.0 cm³/mol. The minimum Gasteiger partial charge on any atom is -0.317 e. The second-order valence-corrected chi connectivity index (χ2v) is 5.04. The van der Waals surface area contributed by atoms with E-state index in [0.717, 1.165) is 12.0 Å². The monoisotopic (exact) mass is 209 g/mol. The van der Waals surface area contributed by atoms with Crippen molar-refractivity contribution in [3.63, 3.8) is 0 Å². The molecule has 2 heteroatoms. The largest absolute Gasteiger partial charge is 0.317 e. The lowest BCUT2D eigenvalue weighted by Gasteiger charge is -2.18. The first-order valence-electron chi connectivity index (χ1n) is 5.59. The average molecular weight is 209 g/mol. The van der Waals surface area contributed by atoms with Gasteiger partial charge in [-0.15, -0.1) is 0 Å². The Labute approximate surface area is 90.5 Å². The number of hydrogen-bond acceptors (Lipinski definition) is 2. The molecule has 0 amide bonds. The standard InChI is InChI=1S/C12H19NS/c1-13-12-5-3-2-4-10(8-12)11-6-7-14-9-11/h6-7,9-10,12-13H,2-5,8H2,1H3. The minimum absolute atomic E-state index is 0.738.